The second kappa shape index (κ2) is 14.3. The highest BCUT2D eigenvalue weighted by atomic mass is 32.1. The van der Waals surface area contributed by atoms with Crippen LogP contribution < -0.4 is 20.5 Å². The van der Waals surface area contributed by atoms with Gasteiger partial charge in [-0.25, -0.2) is 0 Å². The molecule has 0 saturated heterocycles. The predicted molar refractivity (Wildman–Crippen MR) is 276 cm³/mol. The minimum Gasteiger partial charge on any atom is -0.355 e. The molecule has 0 fully saturated rings. The molecule has 0 bridgehead atoms. The molecule has 0 saturated carbocycles. The zero-order valence-electron chi connectivity index (χ0n) is 37.7. The number of fused-ring (bicyclic) bond motifs is 8. The molecule has 0 amide bonds. The standard InChI is InChI=1S/C59H53BN2S/c1-57(2,3)38-26-29-40(30-27-38)61-54-44(31-32-47-52(54)42-22-14-16-24-46(42)59(47,7)8)51-41-21-13-12-20-37(41)34-49-53(51)60-56-55(43-23-15-17-25-50(43)63-56)62(49)48-33-28-39(58(4,5)6)35-45(48)36-18-10-9-11-19-36/h9-35,60-61H,1-8H3. The Morgan fingerprint density at radius 1 is 0.540 bits per heavy atom. The van der Waals surface area contributed by atoms with Crippen molar-refractivity contribution in [2.45, 2.75) is 71.6 Å². The van der Waals surface area contributed by atoms with Crippen LogP contribution in [0.15, 0.2) is 164 Å². The SMILES string of the molecule is CC(C)(C)c1ccc(Nc2c(-c3c4c(cc5ccccc35)N(c3ccc(C(C)(C)C)cc3-c3ccccc3)c3c(sc5ccccc35)B4)ccc3c2-c2ccccc2C3(C)C)cc1. The fourth-order valence-electron chi connectivity index (χ4n) is 10.4. The van der Waals surface area contributed by atoms with Crippen LogP contribution in [0.3, 0.4) is 0 Å². The maximum absolute atomic E-state index is 4.12. The van der Waals surface area contributed by atoms with Gasteiger partial charge in [0.2, 0.25) is 7.28 Å². The first-order valence-corrected chi connectivity index (χ1v) is 23.3. The largest absolute Gasteiger partial charge is 0.355 e. The second-order valence-electron chi connectivity index (χ2n) is 20.2. The van der Waals surface area contributed by atoms with Crippen LogP contribution in [0.25, 0.3) is 54.2 Å². The maximum atomic E-state index is 4.12. The average Bonchev–Trinajstić information content (AvgIpc) is 3.76. The summed E-state index contributed by atoms with van der Waals surface area (Å²) in [5.41, 5.74) is 20.2. The van der Waals surface area contributed by atoms with Crippen LogP contribution in [0.2, 0.25) is 0 Å². The van der Waals surface area contributed by atoms with Crippen molar-refractivity contribution in [3.8, 4) is 33.4 Å². The summed E-state index contributed by atoms with van der Waals surface area (Å²) >= 11 is 1.94. The van der Waals surface area contributed by atoms with Gasteiger partial charge >= 0.3 is 0 Å². The van der Waals surface area contributed by atoms with Gasteiger partial charge in [0.1, 0.15) is 0 Å². The fraction of sp³-hybridized carbons (Fsp3) is 0.186. The Bertz CT molecular complexity index is 3270. The van der Waals surface area contributed by atoms with E-state index in [1.807, 2.05) is 11.3 Å². The molecule has 0 atom stereocenters. The van der Waals surface area contributed by atoms with Crippen LogP contribution in [0.4, 0.5) is 28.4 Å². The van der Waals surface area contributed by atoms with Gasteiger partial charge < -0.3 is 10.2 Å². The van der Waals surface area contributed by atoms with E-state index in [0.717, 1.165) is 13.0 Å². The van der Waals surface area contributed by atoms with Gasteiger partial charge in [-0.05, 0) is 107 Å². The molecule has 4 heteroatoms. The van der Waals surface area contributed by atoms with Crippen LogP contribution in [0, 0.1) is 0 Å². The number of hydrogen-bond donors (Lipinski definition) is 1. The van der Waals surface area contributed by atoms with Crippen molar-refractivity contribution in [3.63, 3.8) is 0 Å². The van der Waals surface area contributed by atoms with Crippen molar-refractivity contribution in [3.05, 3.63) is 186 Å². The van der Waals surface area contributed by atoms with Gasteiger partial charge in [-0.1, -0.05) is 183 Å². The molecular weight excluding hydrogens is 780 g/mol. The second-order valence-corrected chi connectivity index (χ2v) is 21.4. The zero-order valence-corrected chi connectivity index (χ0v) is 38.5. The molecule has 0 unspecified atom stereocenters. The highest BCUT2D eigenvalue weighted by molar-refractivity contribution is 7.29. The number of hydrogen-bond acceptors (Lipinski definition) is 3. The molecule has 1 aliphatic carbocycles. The molecule has 0 spiro atoms. The van der Waals surface area contributed by atoms with E-state index < -0.39 is 0 Å². The van der Waals surface area contributed by atoms with E-state index in [1.54, 1.807) is 0 Å². The molecule has 11 rings (SSSR count). The van der Waals surface area contributed by atoms with Gasteiger partial charge in [-0.2, -0.15) is 0 Å². The monoisotopic (exact) mass is 832 g/mol. The summed E-state index contributed by atoms with van der Waals surface area (Å²) in [5, 5.41) is 7.92. The van der Waals surface area contributed by atoms with Crippen LogP contribution in [0.5, 0.6) is 0 Å². The lowest BCUT2D eigenvalue weighted by Gasteiger charge is -2.36. The Labute approximate surface area is 377 Å². The van der Waals surface area contributed by atoms with Gasteiger partial charge in [-0.15, -0.1) is 11.3 Å². The molecule has 2 nitrogen and oxygen atoms in total. The molecule has 0 radical (unpaired) electrons. The summed E-state index contributed by atoms with van der Waals surface area (Å²) in [5.74, 6) is 0. The Kier molecular flexibility index (Phi) is 8.99. The molecular formula is C59H53BN2S. The van der Waals surface area contributed by atoms with E-state index in [2.05, 4.69) is 229 Å². The van der Waals surface area contributed by atoms with Gasteiger partial charge in [0.25, 0.3) is 0 Å². The van der Waals surface area contributed by atoms with E-state index in [-0.39, 0.29) is 16.2 Å². The molecule has 9 aromatic rings. The van der Waals surface area contributed by atoms with Crippen LogP contribution in [0.1, 0.15) is 77.6 Å². The molecule has 1 aliphatic heterocycles. The smallest absolute Gasteiger partial charge is 0.211 e. The number of nitrogens with zero attached hydrogens (tertiary/aromatic N) is 1. The van der Waals surface area contributed by atoms with Crippen molar-refractivity contribution in [2.75, 3.05) is 10.2 Å². The summed E-state index contributed by atoms with van der Waals surface area (Å²) in [7, 11) is 0.834. The molecule has 2 aliphatic rings. The number of benzene rings is 8. The first kappa shape index (κ1) is 39.5. The Morgan fingerprint density at radius 2 is 1.21 bits per heavy atom. The van der Waals surface area contributed by atoms with Crippen LogP contribution in [-0.2, 0) is 16.2 Å². The number of thiophene rings is 1. The lowest BCUT2D eigenvalue weighted by molar-refractivity contribution is 0.590. The first-order valence-electron chi connectivity index (χ1n) is 22.5. The van der Waals surface area contributed by atoms with E-state index in [0.29, 0.717) is 0 Å². The van der Waals surface area contributed by atoms with Gasteiger partial charge in [0.05, 0.1) is 17.1 Å². The summed E-state index contributed by atoms with van der Waals surface area (Å²) in [6.45, 7) is 18.6. The van der Waals surface area contributed by atoms with Gasteiger partial charge in [0.15, 0.2) is 0 Å². The third kappa shape index (κ3) is 6.36. The average molecular weight is 833 g/mol. The first-order chi connectivity index (χ1) is 30.3. The van der Waals surface area contributed by atoms with Crippen molar-refractivity contribution < 1.29 is 0 Å². The van der Waals surface area contributed by atoms with E-state index in [1.165, 1.54) is 109 Å². The number of rotatable bonds is 5. The number of nitrogens with one attached hydrogen (secondary N) is 1. The summed E-state index contributed by atoms with van der Waals surface area (Å²) in [6, 6.07) is 61.8. The van der Waals surface area contributed by atoms with E-state index >= 15 is 0 Å². The molecule has 2 heterocycles. The Morgan fingerprint density at radius 3 is 1.97 bits per heavy atom. The molecule has 1 N–H and O–H groups in total. The summed E-state index contributed by atoms with van der Waals surface area (Å²) in [4.78, 5) is 2.63. The van der Waals surface area contributed by atoms with Crippen LogP contribution in [-0.4, -0.2) is 7.28 Å². The quantitative estimate of drug-likeness (QED) is 0.174. The normalized spacial score (nSPS) is 13.9. The molecule has 308 valence electrons. The van der Waals surface area contributed by atoms with Gasteiger partial charge in [0, 0.05) is 43.6 Å². The van der Waals surface area contributed by atoms with E-state index in [4.69, 9.17) is 0 Å². The van der Waals surface area contributed by atoms with Crippen LogP contribution >= 0.6 is 11.3 Å². The maximum Gasteiger partial charge on any atom is 0.211 e. The Balaban J connectivity index is 1.24. The third-order valence-electron chi connectivity index (χ3n) is 13.8. The lowest BCUT2D eigenvalue weighted by Crippen LogP contribution is -2.39. The summed E-state index contributed by atoms with van der Waals surface area (Å²) in [6.07, 6.45) is 0. The summed E-state index contributed by atoms with van der Waals surface area (Å²) < 4.78 is 2.70. The predicted octanol–water partition coefficient (Wildman–Crippen LogP) is 15.2. The molecule has 63 heavy (non-hydrogen) atoms. The van der Waals surface area contributed by atoms with Crippen molar-refractivity contribution in [1.82, 2.24) is 0 Å². The minimum atomic E-state index is -0.148. The molecule has 1 aromatic heterocycles. The highest BCUT2D eigenvalue weighted by Gasteiger charge is 2.39. The fourth-order valence-corrected chi connectivity index (χ4v) is 11.6. The van der Waals surface area contributed by atoms with Crippen molar-refractivity contribution in [2.24, 2.45) is 0 Å². The van der Waals surface area contributed by atoms with Crippen molar-refractivity contribution >= 4 is 78.2 Å². The minimum absolute atomic E-state index is 0.0112. The van der Waals surface area contributed by atoms with Gasteiger partial charge in [-0.3, -0.25) is 0 Å². The highest BCUT2D eigenvalue weighted by Crippen LogP contribution is 2.56. The van der Waals surface area contributed by atoms with Crippen molar-refractivity contribution in [1.29, 1.82) is 0 Å². The topological polar surface area (TPSA) is 15.3 Å². The number of anilines is 5. The Hall–Kier alpha value is -6.36. The van der Waals surface area contributed by atoms with E-state index in [9.17, 15) is 0 Å². The lowest BCUT2D eigenvalue weighted by atomic mass is 9.61. The third-order valence-corrected chi connectivity index (χ3v) is 15.0. The molecule has 8 aromatic carbocycles. The zero-order chi connectivity index (χ0) is 43.4.